The van der Waals surface area contributed by atoms with Gasteiger partial charge in [0.2, 0.25) is 11.8 Å². The monoisotopic (exact) mass is 422 g/mol. The van der Waals surface area contributed by atoms with E-state index in [1.165, 1.54) is 10.5 Å². The molecule has 2 N–H and O–H groups in total. The minimum Gasteiger partial charge on any atom is -0.488 e. The van der Waals surface area contributed by atoms with Crippen LogP contribution < -0.4 is 15.4 Å². The first-order valence-electron chi connectivity index (χ1n) is 11.5. The summed E-state index contributed by atoms with van der Waals surface area (Å²) in [7, 11) is 0. The van der Waals surface area contributed by atoms with Crippen molar-refractivity contribution in [2.75, 3.05) is 26.2 Å². The molecule has 7 nitrogen and oxygen atoms in total. The molecule has 2 fully saturated rings. The van der Waals surface area contributed by atoms with Crippen LogP contribution >= 0.6 is 0 Å². The Morgan fingerprint density at radius 2 is 1.87 bits per heavy atom. The van der Waals surface area contributed by atoms with Crippen molar-refractivity contribution in [1.29, 1.82) is 0 Å². The highest BCUT2D eigenvalue weighted by molar-refractivity contribution is 6.06. The zero-order valence-electron chi connectivity index (χ0n) is 17.9. The number of amides is 2. The summed E-state index contributed by atoms with van der Waals surface area (Å²) in [6.07, 6.45) is 6.87. The summed E-state index contributed by atoms with van der Waals surface area (Å²) >= 11 is 0. The van der Waals surface area contributed by atoms with Crippen LogP contribution in [0.5, 0.6) is 5.75 Å². The zero-order chi connectivity index (χ0) is 21.4. The minimum atomic E-state index is -0.107. The van der Waals surface area contributed by atoms with E-state index in [0.717, 1.165) is 31.1 Å². The van der Waals surface area contributed by atoms with Crippen molar-refractivity contribution in [2.24, 2.45) is 28.7 Å². The van der Waals surface area contributed by atoms with Crippen LogP contribution in [0, 0.1) is 23.7 Å². The quantitative estimate of drug-likeness (QED) is 0.230. The number of nitrogens with zero attached hydrogens (tertiary/aromatic N) is 2. The van der Waals surface area contributed by atoms with E-state index < -0.39 is 0 Å². The molecule has 5 rings (SSSR count). The molecule has 2 aliphatic heterocycles. The van der Waals surface area contributed by atoms with Crippen LogP contribution in [0.3, 0.4) is 0 Å². The highest BCUT2D eigenvalue weighted by Crippen LogP contribution is 2.52. The third kappa shape index (κ3) is 3.70. The number of allylic oxidation sites excluding steroid dienone is 2. The summed E-state index contributed by atoms with van der Waals surface area (Å²) in [6, 6.07) is 8.11. The standard InChI is InChI=1S/C24H30N4O3/c1-2-25-24(27-14-18-13-15-6-3-4-7-19(15)31-18)26-10-5-11-28-22(29)20-16-8-9-17(12-16)21(20)23(28)30/h3-4,6-9,16-18,20-21H,2,5,10-14H2,1H3,(H2,25,26,27). The highest BCUT2D eigenvalue weighted by Gasteiger charge is 2.58. The molecule has 2 heterocycles. The van der Waals surface area contributed by atoms with Gasteiger partial charge in [-0.05, 0) is 43.2 Å². The lowest BCUT2D eigenvalue weighted by atomic mass is 9.85. The van der Waals surface area contributed by atoms with Crippen LogP contribution in [0.4, 0.5) is 0 Å². The second-order valence-corrected chi connectivity index (χ2v) is 8.88. The van der Waals surface area contributed by atoms with E-state index in [-0.39, 0.29) is 41.6 Å². The SMILES string of the molecule is CCNC(=NCC1Cc2ccccc2O1)NCCCN1C(=O)C2C3C=CC(C3)C2C1=O. The van der Waals surface area contributed by atoms with Gasteiger partial charge in [0.25, 0.3) is 0 Å². The van der Waals surface area contributed by atoms with Gasteiger partial charge in [-0.15, -0.1) is 0 Å². The number of fused-ring (bicyclic) bond motifs is 6. The lowest BCUT2D eigenvalue weighted by Gasteiger charge is -2.18. The molecule has 1 aromatic rings. The number of aliphatic imine (C=N–C) groups is 1. The number of hydrogen-bond donors (Lipinski definition) is 2. The number of rotatable bonds is 7. The van der Waals surface area contributed by atoms with Crippen LogP contribution in [0.1, 0.15) is 25.3 Å². The number of hydrogen-bond acceptors (Lipinski definition) is 4. The van der Waals surface area contributed by atoms with Crippen molar-refractivity contribution in [3.63, 3.8) is 0 Å². The molecule has 5 unspecified atom stereocenters. The van der Waals surface area contributed by atoms with E-state index in [4.69, 9.17) is 4.74 Å². The number of carbonyl (C=O) groups is 2. The second kappa shape index (κ2) is 8.36. The number of carbonyl (C=O) groups excluding carboxylic acids is 2. The largest absolute Gasteiger partial charge is 0.488 e. The second-order valence-electron chi connectivity index (χ2n) is 8.88. The van der Waals surface area contributed by atoms with Crippen molar-refractivity contribution < 1.29 is 14.3 Å². The van der Waals surface area contributed by atoms with E-state index >= 15 is 0 Å². The first-order valence-corrected chi connectivity index (χ1v) is 11.5. The van der Waals surface area contributed by atoms with Crippen molar-refractivity contribution in [3.8, 4) is 5.75 Å². The third-order valence-electron chi connectivity index (χ3n) is 6.92. The van der Waals surface area contributed by atoms with Gasteiger partial charge in [0.1, 0.15) is 11.9 Å². The topological polar surface area (TPSA) is 83.0 Å². The molecule has 0 spiro atoms. The molecular weight excluding hydrogens is 392 g/mol. The number of nitrogens with one attached hydrogen (secondary N) is 2. The van der Waals surface area contributed by atoms with Crippen molar-refractivity contribution in [3.05, 3.63) is 42.0 Å². The molecule has 164 valence electrons. The number of imide groups is 1. The van der Waals surface area contributed by atoms with Gasteiger partial charge in [-0.25, -0.2) is 4.99 Å². The molecule has 1 saturated heterocycles. The molecule has 1 saturated carbocycles. The molecule has 2 bridgehead atoms. The van der Waals surface area contributed by atoms with Crippen LogP contribution in [-0.2, 0) is 16.0 Å². The Kier molecular flexibility index (Phi) is 5.42. The maximum absolute atomic E-state index is 12.8. The average Bonchev–Trinajstić information content (AvgIpc) is 3.53. The Labute approximate surface area is 182 Å². The number of benzene rings is 1. The lowest BCUT2D eigenvalue weighted by Crippen LogP contribution is -2.40. The fourth-order valence-corrected chi connectivity index (χ4v) is 5.52. The summed E-state index contributed by atoms with van der Waals surface area (Å²) in [5.41, 5.74) is 1.23. The van der Waals surface area contributed by atoms with E-state index in [0.29, 0.717) is 26.1 Å². The van der Waals surface area contributed by atoms with Crippen LogP contribution in [0.25, 0.3) is 0 Å². The van der Waals surface area contributed by atoms with Crippen LogP contribution in [0.15, 0.2) is 41.4 Å². The van der Waals surface area contributed by atoms with Crippen molar-refractivity contribution in [1.82, 2.24) is 15.5 Å². The maximum atomic E-state index is 12.8. The van der Waals surface area contributed by atoms with E-state index in [2.05, 4.69) is 33.8 Å². The van der Waals surface area contributed by atoms with Gasteiger partial charge in [-0.3, -0.25) is 14.5 Å². The van der Waals surface area contributed by atoms with Gasteiger partial charge in [-0.2, -0.15) is 0 Å². The summed E-state index contributed by atoms with van der Waals surface area (Å²) < 4.78 is 5.96. The van der Waals surface area contributed by atoms with Gasteiger partial charge in [0.05, 0.1) is 18.4 Å². The predicted molar refractivity (Wildman–Crippen MR) is 118 cm³/mol. The summed E-state index contributed by atoms with van der Waals surface area (Å²) in [6.45, 7) is 4.49. The average molecular weight is 423 g/mol. The normalized spacial score (nSPS) is 30.5. The molecule has 7 heteroatoms. The molecule has 5 atom stereocenters. The van der Waals surface area contributed by atoms with Crippen LogP contribution in [-0.4, -0.2) is 55.0 Å². The van der Waals surface area contributed by atoms with Gasteiger partial charge < -0.3 is 15.4 Å². The molecule has 31 heavy (non-hydrogen) atoms. The van der Waals surface area contributed by atoms with Crippen molar-refractivity contribution >= 4 is 17.8 Å². The maximum Gasteiger partial charge on any atom is 0.233 e. The lowest BCUT2D eigenvalue weighted by molar-refractivity contribution is -0.140. The molecule has 0 aromatic heterocycles. The Morgan fingerprint density at radius 3 is 2.58 bits per heavy atom. The molecule has 2 amide bonds. The van der Waals surface area contributed by atoms with E-state index in [1.807, 2.05) is 25.1 Å². The molecule has 1 aromatic carbocycles. The highest BCUT2D eigenvalue weighted by atomic mass is 16.5. The predicted octanol–water partition coefficient (Wildman–Crippen LogP) is 1.74. The third-order valence-corrected chi connectivity index (χ3v) is 6.92. The molecule has 2 aliphatic carbocycles. The number of ether oxygens (including phenoxy) is 1. The van der Waals surface area contributed by atoms with Crippen LogP contribution in [0.2, 0.25) is 0 Å². The Bertz CT molecular complexity index is 872. The van der Waals surface area contributed by atoms with Gasteiger partial charge in [0.15, 0.2) is 5.96 Å². The molecular formula is C24H30N4O3. The Hall–Kier alpha value is -2.83. The summed E-state index contributed by atoms with van der Waals surface area (Å²) in [4.78, 5) is 31.7. The zero-order valence-corrected chi connectivity index (χ0v) is 17.9. The molecule has 4 aliphatic rings. The minimum absolute atomic E-state index is 0.0328. The number of guanidine groups is 1. The van der Waals surface area contributed by atoms with Gasteiger partial charge in [-0.1, -0.05) is 30.4 Å². The first kappa shape index (κ1) is 20.1. The Balaban J connectivity index is 1.09. The first-order chi connectivity index (χ1) is 15.2. The number of likely N-dealkylation sites (tertiary alicyclic amines) is 1. The fourth-order valence-electron chi connectivity index (χ4n) is 5.52. The fraction of sp³-hybridized carbons (Fsp3) is 0.542. The summed E-state index contributed by atoms with van der Waals surface area (Å²) in [5.74, 6) is 2.08. The van der Waals surface area contributed by atoms with E-state index in [9.17, 15) is 9.59 Å². The number of para-hydroxylation sites is 1. The summed E-state index contributed by atoms with van der Waals surface area (Å²) in [5, 5.41) is 6.57. The molecule has 0 radical (unpaired) electrons. The van der Waals surface area contributed by atoms with Crippen molar-refractivity contribution in [2.45, 2.75) is 32.3 Å². The smallest absolute Gasteiger partial charge is 0.233 e. The van der Waals surface area contributed by atoms with Gasteiger partial charge in [0, 0.05) is 26.1 Å². The van der Waals surface area contributed by atoms with Gasteiger partial charge >= 0.3 is 0 Å². The van der Waals surface area contributed by atoms with E-state index in [1.54, 1.807) is 0 Å². The Morgan fingerprint density at radius 1 is 1.13 bits per heavy atom.